The molecule has 0 spiro atoms. The van der Waals surface area contributed by atoms with Crippen LogP contribution in [0.4, 0.5) is 0 Å². The monoisotopic (exact) mass is 246 g/mol. The molecule has 0 aromatic rings. The highest BCUT2D eigenvalue weighted by atomic mass is 32.1. The van der Waals surface area contributed by atoms with Gasteiger partial charge in [0, 0.05) is 19.5 Å². The topological polar surface area (TPSA) is 64.8 Å². The number of amides is 1. The molecule has 1 heterocycles. The molecule has 1 aliphatic heterocycles. The Hall–Kier alpha value is -0.720. The van der Waals surface area contributed by atoms with Crippen molar-refractivity contribution in [1.29, 1.82) is 0 Å². The van der Waals surface area contributed by atoms with Crippen LogP contribution in [0.5, 0.6) is 0 Å². The SMILES string of the molecule is CC(CC(N)=S)N(C)C(=O)C1COCCO1. The highest BCUT2D eigenvalue weighted by Crippen LogP contribution is 2.09. The van der Waals surface area contributed by atoms with Crippen LogP contribution < -0.4 is 5.73 Å². The lowest BCUT2D eigenvalue weighted by Gasteiger charge is -2.30. The van der Waals surface area contributed by atoms with Gasteiger partial charge in [0.1, 0.15) is 0 Å². The van der Waals surface area contributed by atoms with E-state index in [1.165, 1.54) is 0 Å². The summed E-state index contributed by atoms with van der Waals surface area (Å²) in [6.07, 6.45) is 0.0260. The van der Waals surface area contributed by atoms with E-state index in [4.69, 9.17) is 27.4 Å². The Bertz CT molecular complexity index is 267. The number of ether oxygens (including phenoxy) is 2. The summed E-state index contributed by atoms with van der Waals surface area (Å²) in [6.45, 7) is 3.24. The predicted molar refractivity (Wildman–Crippen MR) is 64.2 cm³/mol. The number of carbonyl (C=O) groups is 1. The van der Waals surface area contributed by atoms with E-state index >= 15 is 0 Å². The van der Waals surface area contributed by atoms with Crippen molar-refractivity contribution in [3.63, 3.8) is 0 Å². The van der Waals surface area contributed by atoms with E-state index in [0.717, 1.165) is 0 Å². The number of carbonyl (C=O) groups excluding carboxylic acids is 1. The largest absolute Gasteiger partial charge is 0.393 e. The molecule has 0 aromatic heterocycles. The van der Waals surface area contributed by atoms with E-state index in [-0.39, 0.29) is 11.9 Å². The van der Waals surface area contributed by atoms with Crippen LogP contribution in [0.15, 0.2) is 0 Å². The third-order valence-corrected chi connectivity index (χ3v) is 2.76. The third-order valence-electron chi connectivity index (χ3n) is 2.60. The Kier molecular flexibility index (Phi) is 5.11. The van der Waals surface area contributed by atoms with Gasteiger partial charge in [-0.2, -0.15) is 0 Å². The first-order chi connectivity index (χ1) is 7.52. The van der Waals surface area contributed by atoms with Crippen molar-refractivity contribution >= 4 is 23.1 Å². The van der Waals surface area contributed by atoms with Crippen molar-refractivity contribution < 1.29 is 14.3 Å². The fourth-order valence-corrected chi connectivity index (χ4v) is 1.74. The summed E-state index contributed by atoms with van der Waals surface area (Å²) in [7, 11) is 1.73. The molecule has 16 heavy (non-hydrogen) atoms. The van der Waals surface area contributed by atoms with Gasteiger partial charge in [-0.3, -0.25) is 4.79 Å². The summed E-state index contributed by atoms with van der Waals surface area (Å²) in [5, 5.41) is 0. The van der Waals surface area contributed by atoms with Crippen LogP contribution in [0.25, 0.3) is 0 Å². The molecular weight excluding hydrogens is 228 g/mol. The average Bonchev–Trinajstić information content (AvgIpc) is 2.27. The highest BCUT2D eigenvalue weighted by molar-refractivity contribution is 7.80. The zero-order chi connectivity index (χ0) is 12.1. The van der Waals surface area contributed by atoms with E-state index < -0.39 is 6.10 Å². The highest BCUT2D eigenvalue weighted by Gasteiger charge is 2.28. The van der Waals surface area contributed by atoms with Crippen LogP contribution >= 0.6 is 12.2 Å². The maximum atomic E-state index is 12.0. The van der Waals surface area contributed by atoms with Crippen LogP contribution in [0.3, 0.4) is 0 Å². The summed E-state index contributed by atoms with van der Waals surface area (Å²) < 4.78 is 10.5. The Balaban J connectivity index is 2.48. The Morgan fingerprint density at radius 1 is 1.62 bits per heavy atom. The normalized spacial score (nSPS) is 22.5. The van der Waals surface area contributed by atoms with Gasteiger partial charge in [-0.1, -0.05) is 12.2 Å². The molecule has 0 radical (unpaired) electrons. The summed E-state index contributed by atoms with van der Waals surface area (Å²) in [6, 6.07) is -0.0180. The van der Waals surface area contributed by atoms with E-state index in [1.807, 2.05) is 6.92 Å². The molecule has 92 valence electrons. The van der Waals surface area contributed by atoms with E-state index in [1.54, 1.807) is 11.9 Å². The lowest BCUT2D eigenvalue weighted by atomic mass is 10.2. The van der Waals surface area contributed by atoms with Gasteiger partial charge in [-0.25, -0.2) is 0 Å². The molecule has 1 saturated heterocycles. The minimum atomic E-state index is -0.493. The molecule has 0 saturated carbocycles. The van der Waals surface area contributed by atoms with E-state index in [2.05, 4.69) is 0 Å². The maximum absolute atomic E-state index is 12.0. The second kappa shape index (κ2) is 6.12. The number of hydrogen-bond acceptors (Lipinski definition) is 4. The third kappa shape index (κ3) is 3.70. The first kappa shape index (κ1) is 13.3. The lowest BCUT2D eigenvalue weighted by molar-refractivity contribution is -0.158. The van der Waals surface area contributed by atoms with Crippen LogP contribution in [0, 0.1) is 0 Å². The fourth-order valence-electron chi connectivity index (χ4n) is 1.50. The molecule has 2 atom stereocenters. The molecular formula is C10H18N2O3S. The van der Waals surface area contributed by atoms with Crippen molar-refractivity contribution in [2.75, 3.05) is 26.9 Å². The molecule has 2 unspecified atom stereocenters. The first-order valence-corrected chi connectivity index (χ1v) is 5.67. The predicted octanol–water partition coefficient (Wildman–Crippen LogP) is -0.0751. The number of hydrogen-bond donors (Lipinski definition) is 1. The first-order valence-electron chi connectivity index (χ1n) is 5.26. The lowest BCUT2D eigenvalue weighted by Crippen LogP contribution is -2.47. The van der Waals surface area contributed by atoms with Crippen molar-refractivity contribution in [3.8, 4) is 0 Å². The molecule has 2 N–H and O–H groups in total. The molecule has 0 aliphatic carbocycles. The maximum Gasteiger partial charge on any atom is 0.254 e. The van der Waals surface area contributed by atoms with Crippen molar-refractivity contribution in [2.45, 2.75) is 25.5 Å². The second-order valence-electron chi connectivity index (χ2n) is 3.90. The Morgan fingerprint density at radius 2 is 2.31 bits per heavy atom. The van der Waals surface area contributed by atoms with Crippen molar-refractivity contribution in [3.05, 3.63) is 0 Å². The second-order valence-corrected chi connectivity index (χ2v) is 4.43. The molecule has 1 rings (SSSR count). The average molecular weight is 246 g/mol. The fraction of sp³-hybridized carbons (Fsp3) is 0.800. The van der Waals surface area contributed by atoms with Gasteiger partial charge in [0.15, 0.2) is 6.10 Å². The molecule has 6 heteroatoms. The number of rotatable bonds is 4. The van der Waals surface area contributed by atoms with Gasteiger partial charge >= 0.3 is 0 Å². The minimum absolute atomic E-state index is 0.0180. The summed E-state index contributed by atoms with van der Waals surface area (Å²) in [5.41, 5.74) is 5.45. The van der Waals surface area contributed by atoms with E-state index in [0.29, 0.717) is 31.2 Å². The summed E-state index contributed by atoms with van der Waals surface area (Å²) in [5.74, 6) is -0.0801. The molecule has 5 nitrogen and oxygen atoms in total. The number of thiocarbonyl (C=S) groups is 1. The smallest absolute Gasteiger partial charge is 0.254 e. The van der Waals surface area contributed by atoms with E-state index in [9.17, 15) is 4.79 Å². The molecule has 1 amide bonds. The molecule has 0 bridgehead atoms. The van der Waals surface area contributed by atoms with Crippen LogP contribution in [-0.2, 0) is 14.3 Å². The quantitative estimate of drug-likeness (QED) is 0.703. The zero-order valence-electron chi connectivity index (χ0n) is 9.64. The Morgan fingerprint density at radius 3 is 2.81 bits per heavy atom. The van der Waals surface area contributed by atoms with Gasteiger partial charge in [0.2, 0.25) is 0 Å². The van der Waals surface area contributed by atoms with Crippen molar-refractivity contribution in [2.24, 2.45) is 5.73 Å². The standard InChI is InChI=1S/C10H18N2O3S/c1-7(5-9(11)16)12(2)10(13)8-6-14-3-4-15-8/h7-8H,3-6H2,1-2H3,(H2,11,16). The van der Waals surface area contributed by atoms with Gasteiger partial charge in [-0.15, -0.1) is 0 Å². The number of likely N-dealkylation sites (N-methyl/N-ethyl adjacent to an activating group) is 1. The minimum Gasteiger partial charge on any atom is -0.393 e. The van der Waals surface area contributed by atoms with Gasteiger partial charge in [-0.05, 0) is 6.92 Å². The van der Waals surface area contributed by atoms with Crippen LogP contribution in [0.1, 0.15) is 13.3 Å². The Labute approximate surface area is 101 Å². The number of nitrogens with zero attached hydrogens (tertiary/aromatic N) is 1. The zero-order valence-corrected chi connectivity index (χ0v) is 10.5. The van der Waals surface area contributed by atoms with Gasteiger partial charge in [0.05, 0.1) is 24.8 Å². The molecule has 0 aromatic carbocycles. The van der Waals surface area contributed by atoms with Crippen LogP contribution in [0.2, 0.25) is 0 Å². The molecule has 1 fully saturated rings. The van der Waals surface area contributed by atoms with Crippen molar-refractivity contribution in [1.82, 2.24) is 4.90 Å². The summed E-state index contributed by atoms with van der Waals surface area (Å²) in [4.78, 5) is 14.0. The van der Waals surface area contributed by atoms with Crippen LogP contribution in [-0.4, -0.2) is 54.8 Å². The summed E-state index contributed by atoms with van der Waals surface area (Å²) >= 11 is 4.82. The number of nitrogens with two attached hydrogens (primary N) is 1. The van der Waals surface area contributed by atoms with Gasteiger partial charge < -0.3 is 20.1 Å². The molecule has 1 aliphatic rings. The van der Waals surface area contributed by atoms with Gasteiger partial charge in [0.25, 0.3) is 5.91 Å².